The summed E-state index contributed by atoms with van der Waals surface area (Å²) >= 11 is 12.3. The number of furan rings is 1. The molecule has 0 bridgehead atoms. The molecule has 1 atom stereocenters. The molecule has 0 saturated carbocycles. The monoisotopic (exact) mass is 537 g/mol. The Morgan fingerprint density at radius 3 is 2.38 bits per heavy atom. The highest BCUT2D eigenvalue weighted by Gasteiger charge is 2.44. The minimum Gasteiger partial charge on any atom is -0.503 e. The number of amides is 1. The first-order valence-corrected chi connectivity index (χ1v) is 12.0. The van der Waals surface area contributed by atoms with Crippen LogP contribution in [0, 0.1) is 0 Å². The van der Waals surface area contributed by atoms with Crippen molar-refractivity contribution >= 4 is 45.9 Å². The van der Waals surface area contributed by atoms with Crippen LogP contribution >= 0.6 is 23.2 Å². The Morgan fingerprint density at radius 2 is 1.68 bits per heavy atom. The number of hydrogen-bond acceptors (Lipinski definition) is 6. The van der Waals surface area contributed by atoms with Gasteiger partial charge in [0.25, 0.3) is 5.91 Å². The zero-order chi connectivity index (χ0) is 26.3. The summed E-state index contributed by atoms with van der Waals surface area (Å²) in [6, 6.07) is 17.8. The third-order valence-electron chi connectivity index (χ3n) is 6.26. The van der Waals surface area contributed by atoms with Crippen LogP contribution in [0.15, 0.2) is 82.5 Å². The Hall–Kier alpha value is -3.94. The van der Waals surface area contributed by atoms with Crippen LogP contribution in [0.3, 0.4) is 0 Å². The zero-order valence-corrected chi connectivity index (χ0v) is 21.3. The van der Waals surface area contributed by atoms with E-state index in [0.29, 0.717) is 43.6 Å². The van der Waals surface area contributed by atoms with Crippen LogP contribution < -0.4 is 9.47 Å². The van der Waals surface area contributed by atoms with E-state index in [1.54, 1.807) is 42.5 Å². The SMILES string of the molecule is COc1ccccc1CN1C(=O)C(O)=C(C(=O)c2cc3cc(Cl)cc(OC)c3o2)C1c1ccc(Cl)cc1. The number of fused-ring (bicyclic) bond motifs is 1. The van der Waals surface area contributed by atoms with Crippen LogP contribution in [-0.4, -0.2) is 35.9 Å². The lowest BCUT2D eigenvalue weighted by Gasteiger charge is -2.27. The van der Waals surface area contributed by atoms with Crippen molar-refractivity contribution in [2.45, 2.75) is 12.6 Å². The normalized spacial score (nSPS) is 15.5. The van der Waals surface area contributed by atoms with Crippen LogP contribution in [0.5, 0.6) is 11.5 Å². The van der Waals surface area contributed by atoms with Gasteiger partial charge in [0.1, 0.15) is 5.75 Å². The maximum atomic E-state index is 13.8. The number of nitrogens with zero attached hydrogens (tertiary/aromatic N) is 1. The van der Waals surface area contributed by atoms with E-state index >= 15 is 0 Å². The van der Waals surface area contributed by atoms with E-state index in [0.717, 1.165) is 0 Å². The van der Waals surface area contributed by atoms with Gasteiger partial charge in [0.15, 0.2) is 22.9 Å². The van der Waals surface area contributed by atoms with Crippen molar-refractivity contribution in [3.63, 3.8) is 0 Å². The smallest absolute Gasteiger partial charge is 0.290 e. The zero-order valence-electron chi connectivity index (χ0n) is 19.8. The molecule has 7 nitrogen and oxygen atoms in total. The number of carbonyl (C=O) groups is 2. The summed E-state index contributed by atoms with van der Waals surface area (Å²) in [5.74, 6) is -1.11. The summed E-state index contributed by atoms with van der Waals surface area (Å²) in [6.07, 6.45) is 0. The molecular formula is C28H21Cl2NO6. The van der Waals surface area contributed by atoms with Gasteiger partial charge in [-0.05, 0) is 35.9 Å². The van der Waals surface area contributed by atoms with E-state index in [1.807, 2.05) is 18.2 Å². The lowest BCUT2D eigenvalue weighted by atomic mass is 9.94. The van der Waals surface area contributed by atoms with E-state index < -0.39 is 23.5 Å². The van der Waals surface area contributed by atoms with E-state index in [9.17, 15) is 14.7 Å². The second-order valence-electron chi connectivity index (χ2n) is 8.43. The molecule has 188 valence electrons. The average molecular weight is 538 g/mol. The van der Waals surface area contributed by atoms with Crippen LogP contribution in [0.2, 0.25) is 10.0 Å². The second kappa shape index (κ2) is 9.84. The summed E-state index contributed by atoms with van der Waals surface area (Å²) < 4.78 is 16.6. The highest BCUT2D eigenvalue weighted by Crippen LogP contribution is 2.42. The van der Waals surface area contributed by atoms with Gasteiger partial charge in [-0.25, -0.2) is 0 Å². The Morgan fingerprint density at radius 1 is 0.973 bits per heavy atom. The molecule has 2 heterocycles. The van der Waals surface area contributed by atoms with Gasteiger partial charge in [-0.3, -0.25) is 9.59 Å². The van der Waals surface area contributed by atoms with Gasteiger partial charge in [-0.1, -0.05) is 53.5 Å². The summed E-state index contributed by atoms with van der Waals surface area (Å²) in [5, 5.41) is 12.4. The van der Waals surface area contributed by atoms with Gasteiger partial charge in [0.2, 0.25) is 5.78 Å². The van der Waals surface area contributed by atoms with Crippen LogP contribution in [-0.2, 0) is 11.3 Å². The van der Waals surface area contributed by atoms with Crippen LogP contribution in [0.4, 0.5) is 0 Å². The molecule has 1 N–H and O–H groups in total. The molecule has 0 spiro atoms. The summed E-state index contributed by atoms with van der Waals surface area (Å²) in [4.78, 5) is 28.6. The molecule has 1 unspecified atom stereocenters. The van der Waals surface area contributed by atoms with Gasteiger partial charge in [0, 0.05) is 27.1 Å². The predicted molar refractivity (Wildman–Crippen MR) is 139 cm³/mol. The van der Waals surface area contributed by atoms with Crippen molar-refractivity contribution in [3.05, 3.63) is 105 Å². The lowest BCUT2D eigenvalue weighted by Crippen LogP contribution is -2.30. The number of rotatable bonds is 7. The van der Waals surface area contributed by atoms with Gasteiger partial charge in [-0.15, -0.1) is 0 Å². The summed E-state index contributed by atoms with van der Waals surface area (Å²) in [7, 11) is 3.00. The second-order valence-corrected chi connectivity index (χ2v) is 9.30. The quantitative estimate of drug-likeness (QED) is 0.269. The van der Waals surface area contributed by atoms with Crippen molar-refractivity contribution in [2.75, 3.05) is 14.2 Å². The first-order valence-electron chi connectivity index (χ1n) is 11.3. The number of ether oxygens (including phenoxy) is 2. The fraction of sp³-hybridized carbons (Fsp3) is 0.143. The molecule has 0 radical (unpaired) electrons. The minimum atomic E-state index is -0.902. The lowest BCUT2D eigenvalue weighted by molar-refractivity contribution is -0.130. The number of halogens is 2. The number of ketones is 1. The van der Waals surface area contributed by atoms with Crippen molar-refractivity contribution in [2.24, 2.45) is 0 Å². The first-order chi connectivity index (χ1) is 17.8. The predicted octanol–water partition coefficient (Wildman–Crippen LogP) is 6.54. The Balaban J connectivity index is 1.61. The molecule has 0 aliphatic carbocycles. The number of hydrogen-bond donors (Lipinski definition) is 1. The molecule has 1 amide bonds. The van der Waals surface area contributed by atoms with Gasteiger partial charge in [-0.2, -0.15) is 0 Å². The molecule has 1 aromatic heterocycles. The number of para-hydroxylation sites is 1. The first kappa shape index (κ1) is 24.7. The largest absolute Gasteiger partial charge is 0.503 e. The molecule has 5 rings (SSSR count). The van der Waals surface area contributed by atoms with Gasteiger partial charge in [0.05, 0.1) is 32.4 Å². The van der Waals surface area contributed by atoms with Crippen molar-refractivity contribution in [1.82, 2.24) is 4.90 Å². The van der Waals surface area contributed by atoms with E-state index in [1.165, 1.54) is 25.2 Å². The molecular weight excluding hydrogens is 517 g/mol. The third-order valence-corrected chi connectivity index (χ3v) is 6.73. The number of aliphatic hydroxyl groups excluding tert-OH is 1. The summed E-state index contributed by atoms with van der Waals surface area (Å²) in [6.45, 7) is 0.0839. The highest BCUT2D eigenvalue weighted by atomic mass is 35.5. The highest BCUT2D eigenvalue weighted by molar-refractivity contribution is 6.31. The summed E-state index contributed by atoms with van der Waals surface area (Å²) in [5.41, 5.74) is 1.53. The number of carbonyl (C=O) groups excluding carboxylic acids is 2. The Labute approximate surface area is 222 Å². The fourth-order valence-electron chi connectivity index (χ4n) is 4.54. The molecule has 37 heavy (non-hydrogen) atoms. The molecule has 3 aromatic carbocycles. The van der Waals surface area contributed by atoms with E-state index in [4.69, 9.17) is 37.1 Å². The van der Waals surface area contributed by atoms with Crippen LogP contribution in [0.25, 0.3) is 11.0 Å². The topological polar surface area (TPSA) is 89.2 Å². The Kier molecular flexibility index (Phi) is 6.58. The third kappa shape index (κ3) is 4.41. The maximum absolute atomic E-state index is 13.8. The van der Waals surface area contributed by atoms with Crippen molar-refractivity contribution in [1.29, 1.82) is 0 Å². The molecule has 9 heteroatoms. The Bertz CT molecular complexity index is 1560. The van der Waals surface area contributed by atoms with Crippen LogP contribution in [0.1, 0.15) is 27.7 Å². The van der Waals surface area contributed by atoms with Gasteiger partial charge >= 0.3 is 0 Å². The number of benzene rings is 3. The molecule has 0 saturated heterocycles. The molecule has 0 fully saturated rings. The van der Waals surface area contributed by atoms with E-state index in [-0.39, 0.29) is 17.9 Å². The minimum absolute atomic E-state index is 0.0666. The number of Topliss-reactive ketones (excluding diaryl/α,β-unsaturated/α-hetero) is 1. The van der Waals surface area contributed by atoms with Crippen molar-refractivity contribution in [3.8, 4) is 11.5 Å². The van der Waals surface area contributed by atoms with E-state index in [2.05, 4.69) is 0 Å². The molecule has 1 aliphatic rings. The number of methoxy groups -OCH3 is 2. The molecule has 4 aromatic rings. The standard InChI is InChI=1S/C28H21Cl2NO6/c1-35-20-6-4-3-5-16(20)14-31-24(15-7-9-18(29)10-8-15)23(26(33)28(31)34)25(32)21-12-17-11-19(30)13-22(36-2)27(17)37-21/h3-13,24,33H,14H2,1-2H3. The molecule has 1 aliphatic heterocycles. The number of aliphatic hydroxyl groups is 1. The van der Waals surface area contributed by atoms with Gasteiger partial charge < -0.3 is 23.9 Å². The van der Waals surface area contributed by atoms with Crippen molar-refractivity contribution < 1.29 is 28.6 Å². The maximum Gasteiger partial charge on any atom is 0.290 e. The fourth-order valence-corrected chi connectivity index (χ4v) is 4.88. The average Bonchev–Trinajstić information content (AvgIpc) is 3.43.